The molecule has 0 fully saturated rings. The van der Waals surface area contributed by atoms with Crippen molar-refractivity contribution in [1.82, 2.24) is 10.2 Å². The van der Waals surface area contributed by atoms with Crippen LogP contribution in [0.5, 0.6) is 11.5 Å². The Morgan fingerprint density at radius 2 is 1.56 bits per heavy atom. The largest absolute Gasteiger partial charge is 0.490 e. The summed E-state index contributed by atoms with van der Waals surface area (Å²) in [4.78, 5) is 27.6. The van der Waals surface area contributed by atoms with Crippen LogP contribution in [0.4, 0.5) is 4.39 Å². The minimum Gasteiger partial charge on any atom is -0.490 e. The van der Waals surface area contributed by atoms with Crippen LogP contribution in [-0.4, -0.2) is 42.5 Å². The maximum atomic E-state index is 13.4. The monoisotopic (exact) mass is 472 g/mol. The number of benzene rings is 2. The summed E-state index contributed by atoms with van der Waals surface area (Å²) in [5, 5.41) is 2.90. The van der Waals surface area contributed by atoms with Crippen LogP contribution in [0.15, 0.2) is 42.5 Å². The van der Waals surface area contributed by atoms with Gasteiger partial charge in [0.05, 0.1) is 13.2 Å². The lowest BCUT2D eigenvalue weighted by Gasteiger charge is -2.29. The molecule has 1 N–H and O–H groups in total. The number of halogens is 1. The van der Waals surface area contributed by atoms with Crippen LogP contribution in [0.25, 0.3) is 0 Å². The van der Waals surface area contributed by atoms with E-state index in [1.54, 1.807) is 24.0 Å². The summed E-state index contributed by atoms with van der Waals surface area (Å²) in [6.07, 6.45) is 0.716. The molecule has 2 amide bonds. The molecule has 2 aromatic carbocycles. The van der Waals surface area contributed by atoms with Crippen molar-refractivity contribution < 1.29 is 23.5 Å². The molecule has 34 heavy (non-hydrogen) atoms. The number of carbonyl (C=O) groups excluding carboxylic acids is 2. The summed E-state index contributed by atoms with van der Waals surface area (Å²) in [7, 11) is 0. The standard InChI is InChI=1S/C27H37FN2O4/c1-6-33-24-14-10-21(16-25(24)34-7-2)11-15-26(31)30(18-22-8-12-23(28)13-9-22)20(5)27(32)29-17-19(3)4/h8-10,12-14,16,19-20H,6-7,11,15,17-18H2,1-5H3,(H,29,32)/t20-/m1/s1. The lowest BCUT2D eigenvalue weighted by Crippen LogP contribution is -2.48. The van der Waals surface area contributed by atoms with Gasteiger partial charge in [0.2, 0.25) is 11.8 Å². The Morgan fingerprint density at radius 3 is 2.18 bits per heavy atom. The van der Waals surface area contributed by atoms with Gasteiger partial charge in [-0.15, -0.1) is 0 Å². The lowest BCUT2D eigenvalue weighted by molar-refractivity contribution is -0.140. The lowest BCUT2D eigenvalue weighted by atomic mass is 10.1. The van der Waals surface area contributed by atoms with Gasteiger partial charge in [-0.2, -0.15) is 0 Å². The number of amides is 2. The first-order chi connectivity index (χ1) is 16.2. The van der Waals surface area contributed by atoms with Crippen molar-refractivity contribution in [2.24, 2.45) is 5.92 Å². The van der Waals surface area contributed by atoms with E-state index >= 15 is 0 Å². The van der Waals surface area contributed by atoms with E-state index in [0.717, 1.165) is 11.1 Å². The van der Waals surface area contributed by atoms with E-state index in [2.05, 4.69) is 5.32 Å². The highest BCUT2D eigenvalue weighted by Gasteiger charge is 2.26. The molecule has 0 aliphatic rings. The molecule has 7 heteroatoms. The van der Waals surface area contributed by atoms with Crippen LogP contribution in [0.1, 0.15) is 52.2 Å². The summed E-state index contributed by atoms with van der Waals surface area (Å²) in [6, 6.07) is 11.0. The van der Waals surface area contributed by atoms with Gasteiger partial charge < -0.3 is 19.7 Å². The van der Waals surface area contributed by atoms with Gasteiger partial charge in [0.1, 0.15) is 11.9 Å². The van der Waals surface area contributed by atoms with Gasteiger partial charge in [-0.1, -0.05) is 32.0 Å². The van der Waals surface area contributed by atoms with Gasteiger partial charge >= 0.3 is 0 Å². The van der Waals surface area contributed by atoms with Gasteiger partial charge in [0.15, 0.2) is 11.5 Å². The summed E-state index contributed by atoms with van der Waals surface area (Å²) in [5.41, 5.74) is 1.71. The summed E-state index contributed by atoms with van der Waals surface area (Å²) < 4.78 is 24.6. The van der Waals surface area contributed by atoms with Gasteiger partial charge in [-0.05, 0) is 68.5 Å². The molecule has 0 radical (unpaired) electrons. The number of nitrogens with zero attached hydrogens (tertiary/aromatic N) is 1. The zero-order chi connectivity index (χ0) is 25.1. The predicted octanol–water partition coefficient (Wildman–Crippen LogP) is 4.75. The maximum absolute atomic E-state index is 13.4. The van der Waals surface area contributed by atoms with Crippen LogP contribution >= 0.6 is 0 Å². The summed E-state index contributed by atoms with van der Waals surface area (Å²) in [5.74, 6) is 0.931. The molecular formula is C27H37FN2O4. The molecule has 0 saturated carbocycles. The molecule has 0 aromatic heterocycles. The topological polar surface area (TPSA) is 67.9 Å². The molecule has 0 heterocycles. The first-order valence-electron chi connectivity index (χ1n) is 11.9. The van der Waals surface area contributed by atoms with Crippen molar-refractivity contribution in [3.63, 3.8) is 0 Å². The molecule has 0 saturated heterocycles. The number of ether oxygens (including phenoxy) is 2. The molecule has 6 nitrogen and oxygen atoms in total. The van der Waals surface area contributed by atoms with Gasteiger partial charge in [0.25, 0.3) is 0 Å². The molecule has 0 bridgehead atoms. The average molecular weight is 473 g/mol. The van der Waals surface area contributed by atoms with E-state index in [-0.39, 0.29) is 30.6 Å². The minimum absolute atomic E-state index is 0.150. The SMILES string of the molecule is CCOc1ccc(CCC(=O)N(Cc2ccc(F)cc2)[C@H](C)C(=O)NCC(C)C)cc1OCC. The Labute approximate surface area is 202 Å². The van der Waals surface area contributed by atoms with Crippen molar-refractivity contribution in [2.75, 3.05) is 19.8 Å². The third-order valence-electron chi connectivity index (χ3n) is 5.35. The van der Waals surface area contributed by atoms with Crippen LogP contribution in [-0.2, 0) is 22.6 Å². The van der Waals surface area contributed by atoms with E-state index < -0.39 is 6.04 Å². The highest BCUT2D eigenvalue weighted by Crippen LogP contribution is 2.29. The second kappa shape index (κ2) is 13.6. The Kier molecular flexibility index (Phi) is 10.8. The Morgan fingerprint density at radius 1 is 0.941 bits per heavy atom. The van der Waals surface area contributed by atoms with Crippen molar-refractivity contribution in [1.29, 1.82) is 0 Å². The molecule has 0 aliphatic heterocycles. The van der Waals surface area contributed by atoms with Crippen molar-refractivity contribution in [3.05, 3.63) is 59.4 Å². The molecule has 2 aromatic rings. The van der Waals surface area contributed by atoms with Crippen LogP contribution in [0.3, 0.4) is 0 Å². The molecular weight excluding hydrogens is 435 g/mol. The van der Waals surface area contributed by atoms with Crippen molar-refractivity contribution in [2.45, 2.75) is 60.0 Å². The Hall–Kier alpha value is -3.09. The number of rotatable bonds is 13. The number of nitrogens with one attached hydrogen (secondary N) is 1. The Balaban J connectivity index is 2.16. The minimum atomic E-state index is -0.657. The second-order valence-corrected chi connectivity index (χ2v) is 8.61. The van der Waals surface area contributed by atoms with Crippen LogP contribution in [0, 0.1) is 11.7 Å². The first kappa shape index (κ1) is 27.2. The quantitative estimate of drug-likeness (QED) is 0.457. The fraction of sp³-hybridized carbons (Fsp3) is 0.481. The van der Waals surface area contributed by atoms with E-state index in [0.29, 0.717) is 43.6 Å². The summed E-state index contributed by atoms with van der Waals surface area (Å²) >= 11 is 0. The number of aryl methyl sites for hydroxylation is 1. The van der Waals surface area contributed by atoms with E-state index in [9.17, 15) is 14.0 Å². The third-order valence-corrected chi connectivity index (χ3v) is 5.35. The first-order valence-corrected chi connectivity index (χ1v) is 11.9. The fourth-order valence-corrected chi connectivity index (χ4v) is 3.47. The van der Waals surface area contributed by atoms with E-state index in [1.807, 2.05) is 45.9 Å². The zero-order valence-corrected chi connectivity index (χ0v) is 20.9. The van der Waals surface area contributed by atoms with Crippen molar-refractivity contribution >= 4 is 11.8 Å². The maximum Gasteiger partial charge on any atom is 0.242 e. The summed E-state index contributed by atoms with van der Waals surface area (Å²) in [6.45, 7) is 11.4. The van der Waals surface area contributed by atoms with Gasteiger partial charge in [-0.25, -0.2) is 4.39 Å². The molecule has 2 rings (SSSR count). The van der Waals surface area contributed by atoms with E-state index in [1.165, 1.54) is 12.1 Å². The predicted molar refractivity (Wildman–Crippen MR) is 131 cm³/mol. The molecule has 0 unspecified atom stereocenters. The van der Waals surface area contributed by atoms with Crippen LogP contribution < -0.4 is 14.8 Å². The highest BCUT2D eigenvalue weighted by atomic mass is 19.1. The fourth-order valence-electron chi connectivity index (χ4n) is 3.47. The highest BCUT2D eigenvalue weighted by molar-refractivity contribution is 5.87. The van der Waals surface area contributed by atoms with Crippen molar-refractivity contribution in [3.8, 4) is 11.5 Å². The third kappa shape index (κ3) is 8.36. The zero-order valence-electron chi connectivity index (χ0n) is 20.9. The normalized spacial score (nSPS) is 11.7. The number of hydrogen-bond donors (Lipinski definition) is 1. The number of hydrogen-bond acceptors (Lipinski definition) is 4. The second-order valence-electron chi connectivity index (χ2n) is 8.61. The number of carbonyl (C=O) groups is 2. The average Bonchev–Trinajstić information content (AvgIpc) is 2.81. The van der Waals surface area contributed by atoms with E-state index in [4.69, 9.17) is 9.47 Å². The van der Waals surface area contributed by atoms with Gasteiger partial charge in [-0.3, -0.25) is 9.59 Å². The Bertz CT molecular complexity index is 931. The molecule has 0 spiro atoms. The molecule has 1 atom stereocenters. The van der Waals surface area contributed by atoms with Gasteiger partial charge in [0, 0.05) is 19.5 Å². The molecule has 186 valence electrons. The smallest absolute Gasteiger partial charge is 0.242 e. The van der Waals surface area contributed by atoms with Crippen LogP contribution in [0.2, 0.25) is 0 Å². The molecule has 0 aliphatic carbocycles.